The first-order chi connectivity index (χ1) is 15.8. The molecule has 9 heteroatoms. The number of nitrogens with one attached hydrogen (secondary N) is 1. The number of alkyl halides is 3. The highest BCUT2D eigenvalue weighted by Gasteiger charge is 2.38. The lowest BCUT2D eigenvalue weighted by Crippen LogP contribution is -2.18. The van der Waals surface area contributed by atoms with E-state index in [1.807, 2.05) is 30.3 Å². The van der Waals surface area contributed by atoms with Crippen molar-refractivity contribution in [2.24, 2.45) is 0 Å². The van der Waals surface area contributed by atoms with Crippen molar-refractivity contribution in [2.45, 2.75) is 19.4 Å². The summed E-state index contributed by atoms with van der Waals surface area (Å²) in [4.78, 5) is 15.9. The smallest absolute Gasteiger partial charge is 0.392 e. The number of aromatic nitrogens is 2. The second kappa shape index (κ2) is 9.43. The number of hydrogen-bond donors (Lipinski definition) is 2. The molecule has 3 aromatic carbocycles. The average Bonchev–Trinajstić information content (AvgIpc) is 3.19. The van der Waals surface area contributed by atoms with E-state index < -0.39 is 12.0 Å². The van der Waals surface area contributed by atoms with Crippen LogP contribution in [0, 0.1) is 0 Å². The molecule has 6 nitrogen and oxygen atoms in total. The molecular formula is C24H20F3N3O3. The Balaban J connectivity index is 1.50. The molecular weight excluding hydrogens is 435 g/mol. The van der Waals surface area contributed by atoms with Gasteiger partial charge in [0.1, 0.15) is 6.61 Å². The van der Waals surface area contributed by atoms with Gasteiger partial charge in [-0.05, 0) is 47.5 Å². The highest BCUT2D eigenvalue weighted by Crippen LogP contribution is 2.34. The molecule has 0 aliphatic carbocycles. The second-order valence-corrected chi connectivity index (χ2v) is 7.32. The van der Waals surface area contributed by atoms with Gasteiger partial charge < -0.3 is 15.2 Å². The van der Waals surface area contributed by atoms with Gasteiger partial charge in [-0.15, -0.1) is 0 Å². The predicted octanol–water partition coefficient (Wildman–Crippen LogP) is 4.69. The van der Waals surface area contributed by atoms with Crippen molar-refractivity contribution in [3.8, 4) is 5.69 Å². The maximum Gasteiger partial charge on any atom is 0.450 e. The Morgan fingerprint density at radius 3 is 2.39 bits per heavy atom. The van der Waals surface area contributed by atoms with E-state index in [1.54, 1.807) is 6.07 Å². The number of amides is 1. The zero-order chi connectivity index (χ0) is 23.4. The van der Waals surface area contributed by atoms with Gasteiger partial charge in [0.25, 0.3) is 0 Å². The summed E-state index contributed by atoms with van der Waals surface area (Å²) in [6, 6.07) is 19.8. The molecule has 0 saturated heterocycles. The summed E-state index contributed by atoms with van der Waals surface area (Å²) in [6.07, 6.45) is -4.68. The highest BCUT2D eigenvalue weighted by atomic mass is 19.4. The first kappa shape index (κ1) is 22.5. The van der Waals surface area contributed by atoms with Crippen molar-refractivity contribution in [1.29, 1.82) is 0 Å². The lowest BCUT2D eigenvalue weighted by atomic mass is 10.2. The summed E-state index contributed by atoms with van der Waals surface area (Å²) in [5.74, 6) is -1.45. The van der Waals surface area contributed by atoms with E-state index in [0.717, 1.165) is 10.1 Å². The van der Waals surface area contributed by atoms with Gasteiger partial charge >= 0.3 is 6.18 Å². The van der Waals surface area contributed by atoms with Gasteiger partial charge in [-0.1, -0.05) is 36.4 Å². The van der Waals surface area contributed by atoms with Crippen LogP contribution >= 0.6 is 0 Å². The number of rotatable bonds is 7. The monoisotopic (exact) mass is 455 g/mol. The predicted molar refractivity (Wildman–Crippen MR) is 117 cm³/mol. The summed E-state index contributed by atoms with van der Waals surface area (Å²) in [5, 5.41) is 11.9. The minimum atomic E-state index is -4.68. The number of benzene rings is 3. The van der Waals surface area contributed by atoms with E-state index in [9.17, 15) is 23.1 Å². The number of anilines is 1. The summed E-state index contributed by atoms with van der Waals surface area (Å²) >= 11 is 0. The van der Waals surface area contributed by atoms with Gasteiger partial charge in [-0.3, -0.25) is 9.36 Å². The number of fused-ring (bicyclic) bond motifs is 1. The molecule has 2 N–H and O–H groups in total. The molecule has 0 saturated carbocycles. The largest absolute Gasteiger partial charge is 0.450 e. The molecule has 0 atom stereocenters. The molecule has 1 amide bonds. The summed E-state index contributed by atoms with van der Waals surface area (Å²) in [7, 11) is 0. The third kappa shape index (κ3) is 5.21. The van der Waals surface area contributed by atoms with Crippen molar-refractivity contribution >= 4 is 22.6 Å². The molecule has 4 rings (SSSR count). The molecule has 0 radical (unpaired) electrons. The third-order valence-electron chi connectivity index (χ3n) is 4.91. The van der Waals surface area contributed by atoms with Gasteiger partial charge in [0.05, 0.1) is 24.2 Å². The van der Waals surface area contributed by atoms with Crippen molar-refractivity contribution in [3.05, 3.63) is 89.7 Å². The second-order valence-electron chi connectivity index (χ2n) is 7.32. The quantitative estimate of drug-likeness (QED) is 0.424. The van der Waals surface area contributed by atoms with Crippen LogP contribution in [0.25, 0.3) is 16.7 Å². The zero-order valence-electron chi connectivity index (χ0n) is 17.3. The summed E-state index contributed by atoms with van der Waals surface area (Å²) < 4.78 is 47.3. The van der Waals surface area contributed by atoms with Crippen LogP contribution in [-0.2, 0) is 28.9 Å². The summed E-state index contributed by atoms with van der Waals surface area (Å²) in [6.45, 7) is -0.166. The van der Waals surface area contributed by atoms with Crippen LogP contribution < -0.4 is 5.32 Å². The van der Waals surface area contributed by atoms with Gasteiger partial charge in [0.15, 0.2) is 0 Å². The molecule has 170 valence electrons. The Morgan fingerprint density at radius 1 is 1.00 bits per heavy atom. The first-order valence-corrected chi connectivity index (χ1v) is 10.1. The van der Waals surface area contributed by atoms with Crippen LogP contribution in [-0.4, -0.2) is 27.2 Å². The van der Waals surface area contributed by atoms with E-state index in [4.69, 9.17) is 4.74 Å². The van der Waals surface area contributed by atoms with Crippen molar-refractivity contribution in [1.82, 2.24) is 9.55 Å². The van der Waals surface area contributed by atoms with Crippen LogP contribution in [0.15, 0.2) is 72.8 Å². The number of carbonyl (C=O) groups excluding carboxylic acids is 1. The molecule has 4 aromatic rings. The minimum Gasteiger partial charge on any atom is -0.392 e. The fraction of sp³-hybridized carbons (Fsp3) is 0.167. The fourth-order valence-electron chi connectivity index (χ4n) is 3.40. The maximum absolute atomic E-state index is 13.6. The van der Waals surface area contributed by atoms with Gasteiger partial charge in [0.2, 0.25) is 11.7 Å². The Kier molecular flexibility index (Phi) is 6.43. The molecule has 0 spiro atoms. The van der Waals surface area contributed by atoms with E-state index >= 15 is 0 Å². The van der Waals surface area contributed by atoms with E-state index in [0.29, 0.717) is 17.9 Å². The molecule has 0 aliphatic heterocycles. The number of aliphatic hydroxyl groups excluding tert-OH is 1. The van der Waals surface area contributed by atoms with E-state index in [-0.39, 0.29) is 35.8 Å². The first-order valence-electron chi connectivity index (χ1n) is 10.1. The Hall–Kier alpha value is -3.69. The fourth-order valence-corrected chi connectivity index (χ4v) is 3.40. The van der Waals surface area contributed by atoms with Crippen molar-refractivity contribution < 1.29 is 27.8 Å². The average molecular weight is 455 g/mol. The van der Waals surface area contributed by atoms with Crippen LogP contribution in [0.5, 0.6) is 0 Å². The van der Waals surface area contributed by atoms with Crippen LogP contribution in [0.4, 0.5) is 18.9 Å². The van der Waals surface area contributed by atoms with E-state index in [1.165, 1.54) is 36.4 Å². The summed E-state index contributed by atoms with van der Waals surface area (Å²) in [5.41, 5.74) is 2.45. The SMILES string of the molecule is O=C(COCc1ccccc1)Nc1ccc(-n2c(C(F)(F)F)nc3cc(CO)ccc32)cc1. The maximum atomic E-state index is 13.6. The number of hydrogen-bond acceptors (Lipinski definition) is 4. The van der Waals surface area contributed by atoms with Crippen LogP contribution in [0.1, 0.15) is 17.0 Å². The number of imidazole rings is 1. The molecule has 0 unspecified atom stereocenters. The van der Waals surface area contributed by atoms with E-state index in [2.05, 4.69) is 10.3 Å². The lowest BCUT2D eigenvalue weighted by Gasteiger charge is -2.12. The lowest BCUT2D eigenvalue weighted by molar-refractivity contribution is -0.145. The normalized spacial score (nSPS) is 11.6. The molecule has 0 bridgehead atoms. The molecule has 0 aliphatic rings. The molecule has 1 heterocycles. The Bertz CT molecular complexity index is 1250. The van der Waals surface area contributed by atoms with Crippen LogP contribution in [0.3, 0.4) is 0 Å². The molecule has 33 heavy (non-hydrogen) atoms. The number of nitrogens with zero attached hydrogens (tertiary/aromatic N) is 2. The Labute approximate surface area is 187 Å². The van der Waals surface area contributed by atoms with Crippen molar-refractivity contribution in [3.63, 3.8) is 0 Å². The number of ether oxygens (including phenoxy) is 1. The van der Waals surface area contributed by atoms with Gasteiger partial charge in [-0.2, -0.15) is 13.2 Å². The minimum absolute atomic E-state index is 0.127. The van der Waals surface area contributed by atoms with Gasteiger partial charge in [0, 0.05) is 11.4 Å². The highest BCUT2D eigenvalue weighted by molar-refractivity contribution is 5.91. The third-order valence-corrected chi connectivity index (χ3v) is 4.91. The standard InChI is InChI=1S/C24H20F3N3O3/c25-24(26,27)23-29-20-12-17(13-31)6-11-21(20)30(23)19-9-7-18(8-10-19)28-22(32)15-33-14-16-4-2-1-3-5-16/h1-12,31H,13-15H2,(H,28,32). The van der Waals surface area contributed by atoms with Crippen LogP contribution in [0.2, 0.25) is 0 Å². The van der Waals surface area contributed by atoms with Gasteiger partial charge in [-0.25, -0.2) is 4.98 Å². The number of carbonyl (C=O) groups is 1. The number of aliphatic hydroxyl groups is 1. The van der Waals surface area contributed by atoms with Crippen molar-refractivity contribution in [2.75, 3.05) is 11.9 Å². The topological polar surface area (TPSA) is 76.4 Å². The molecule has 1 aromatic heterocycles. The molecule has 0 fully saturated rings. The zero-order valence-corrected chi connectivity index (χ0v) is 17.3. The Morgan fingerprint density at radius 2 is 1.73 bits per heavy atom. The number of halogens is 3.